The lowest BCUT2D eigenvalue weighted by Gasteiger charge is -1.93. The molecule has 1 aliphatic carbocycles. The van der Waals surface area contributed by atoms with E-state index in [9.17, 15) is 0 Å². The second-order valence-corrected chi connectivity index (χ2v) is 2.62. The smallest absolute Gasteiger partial charge is 0.00936 e. The van der Waals surface area contributed by atoms with Crippen molar-refractivity contribution in [2.45, 2.75) is 44.9 Å². The van der Waals surface area contributed by atoms with Crippen LogP contribution < -0.4 is 0 Å². The molecule has 0 amide bonds. The van der Waals surface area contributed by atoms with Crippen LogP contribution >= 0.6 is 0 Å². The zero-order valence-electron chi connectivity index (χ0n) is 5.95. The van der Waals surface area contributed by atoms with E-state index < -0.39 is 0 Å². The zero-order valence-corrected chi connectivity index (χ0v) is 5.95. The molecular weight excluding hydrogens is 108 g/mol. The normalized spacial score (nSPS) is 24.0. The molecule has 9 heavy (non-hydrogen) atoms. The third kappa shape index (κ3) is 3.56. The Morgan fingerprint density at radius 2 is 1.00 bits per heavy atom. The number of hydrogen-bond acceptors (Lipinski definition) is 0. The number of rotatable bonds is 0. The van der Waals surface area contributed by atoms with Gasteiger partial charge in [0.25, 0.3) is 0 Å². The first-order chi connectivity index (χ1) is 4.50. The second-order valence-electron chi connectivity index (χ2n) is 2.62. The second kappa shape index (κ2) is 4.84. The molecule has 0 N–H and O–H groups in total. The van der Waals surface area contributed by atoms with E-state index in [1.54, 1.807) is 0 Å². The largest absolute Gasteiger partial charge is 0.0533 e. The monoisotopic (exact) mass is 122 g/mol. The molecule has 0 saturated heterocycles. The van der Waals surface area contributed by atoms with Crippen LogP contribution in [0.4, 0.5) is 0 Å². The fraction of sp³-hybridized carbons (Fsp3) is 0.778. The van der Waals surface area contributed by atoms with Crippen molar-refractivity contribution in [1.29, 1.82) is 0 Å². The summed E-state index contributed by atoms with van der Waals surface area (Å²) in [6.45, 7) is 0. The van der Waals surface area contributed by atoms with Gasteiger partial charge in [-0.3, -0.25) is 0 Å². The van der Waals surface area contributed by atoms with Crippen LogP contribution in [0.15, 0.2) is 0 Å². The summed E-state index contributed by atoms with van der Waals surface area (Å²) < 4.78 is 0. The van der Waals surface area contributed by atoms with E-state index in [1.165, 1.54) is 32.1 Å². The van der Waals surface area contributed by atoms with Crippen LogP contribution in [-0.2, 0) is 0 Å². The summed E-state index contributed by atoms with van der Waals surface area (Å²) in [4.78, 5) is 0. The van der Waals surface area contributed by atoms with Gasteiger partial charge in [-0.15, -0.1) is 0 Å². The molecule has 0 unspecified atom stereocenters. The van der Waals surface area contributed by atoms with Crippen molar-refractivity contribution in [3.05, 3.63) is 12.8 Å². The molecule has 0 aliphatic heterocycles. The van der Waals surface area contributed by atoms with Crippen molar-refractivity contribution >= 4 is 0 Å². The maximum Gasteiger partial charge on any atom is -0.00936 e. The van der Waals surface area contributed by atoms with E-state index in [4.69, 9.17) is 0 Å². The van der Waals surface area contributed by atoms with E-state index in [2.05, 4.69) is 12.8 Å². The molecule has 0 aromatic heterocycles. The standard InChI is InChI=1S/C9H14/c1-2-4-6-8-9-7-5-3-1/h1-7H2. The third-order valence-corrected chi connectivity index (χ3v) is 1.73. The van der Waals surface area contributed by atoms with Crippen LogP contribution in [-0.4, -0.2) is 0 Å². The van der Waals surface area contributed by atoms with Gasteiger partial charge in [0.1, 0.15) is 0 Å². The highest BCUT2D eigenvalue weighted by atomic mass is 14.0. The fourth-order valence-electron chi connectivity index (χ4n) is 1.13. The van der Waals surface area contributed by atoms with Gasteiger partial charge in [-0.05, 0) is 25.7 Å². The molecule has 50 valence electrons. The Kier molecular flexibility index (Phi) is 3.82. The lowest BCUT2D eigenvalue weighted by molar-refractivity contribution is 0.632. The van der Waals surface area contributed by atoms with E-state index in [1.807, 2.05) is 0 Å². The molecular formula is C9H14. The van der Waals surface area contributed by atoms with Crippen LogP contribution in [0.5, 0.6) is 0 Å². The molecule has 0 bridgehead atoms. The van der Waals surface area contributed by atoms with Crippen molar-refractivity contribution in [3.8, 4) is 0 Å². The van der Waals surface area contributed by atoms with Crippen molar-refractivity contribution in [3.63, 3.8) is 0 Å². The molecule has 0 atom stereocenters. The summed E-state index contributed by atoms with van der Waals surface area (Å²) in [5.74, 6) is 0. The van der Waals surface area contributed by atoms with Crippen LogP contribution in [0.2, 0.25) is 0 Å². The van der Waals surface area contributed by atoms with E-state index >= 15 is 0 Å². The van der Waals surface area contributed by atoms with Gasteiger partial charge < -0.3 is 0 Å². The summed E-state index contributed by atoms with van der Waals surface area (Å²) in [6, 6.07) is 0. The lowest BCUT2D eigenvalue weighted by Crippen LogP contribution is -1.76. The Labute approximate surface area is 58.7 Å². The van der Waals surface area contributed by atoms with Gasteiger partial charge in [-0.25, -0.2) is 0 Å². The molecule has 1 saturated carbocycles. The summed E-state index contributed by atoms with van der Waals surface area (Å²) in [5, 5.41) is 0. The fourth-order valence-corrected chi connectivity index (χ4v) is 1.13. The highest BCUT2D eigenvalue weighted by Crippen LogP contribution is 2.14. The van der Waals surface area contributed by atoms with Crippen LogP contribution in [0.25, 0.3) is 0 Å². The van der Waals surface area contributed by atoms with Gasteiger partial charge >= 0.3 is 0 Å². The van der Waals surface area contributed by atoms with Gasteiger partial charge in [0, 0.05) is 0 Å². The highest BCUT2D eigenvalue weighted by Gasteiger charge is 1.96. The Balaban J connectivity index is 2.02. The van der Waals surface area contributed by atoms with Gasteiger partial charge in [0.2, 0.25) is 0 Å². The minimum atomic E-state index is 1.14. The Hall–Kier alpha value is 0. The lowest BCUT2D eigenvalue weighted by atomic mass is 10.1. The first-order valence-electron chi connectivity index (χ1n) is 3.96. The van der Waals surface area contributed by atoms with E-state index in [-0.39, 0.29) is 0 Å². The Bertz CT molecular complexity index is 28.5. The maximum absolute atomic E-state index is 3.18. The summed E-state index contributed by atoms with van der Waals surface area (Å²) in [7, 11) is 0. The molecule has 4 radical (unpaired) electrons. The molecule has 0 nitrogen and oxygen atoms in total. The quantitative estimate of drug-likeness (QED) is 0.463. The SMILES string of the molecule is [C]1[C]CCCCCCC1. The van der Waals surface area contributed by atoms with Crippen molar-refractivity contribution in [2.75, 3.05) is 0 Å². The molecule has 0 aromatic carbocycles. The van der Waals surface area contributed by atoms with Gasteiger partial charge in [0.05, 0.1) is 0 Å². The first kappa shape index (κ1) is 7.11. The van der Waals surface area contributed by atoms with Crippen LogP contribution in [0.3, 0.4) is 0 Å². The highest BCUT2D eigenvalue weighted by molar-refractivity contribution is 4.83. The average Bonchev–Trinajstić information content (AvgIpc) is 2.00. The minimum Gasteiger partial charge on any atom is -0.0533 e. The predicted molar refractivity (Wildman–Crippen MR) is 38.8 cm³/mol. The number of hydrogen-bond donors (Lipinski definition) is 0. The van der Waals surface area contributed by atoms with Crippen LogP contribution in [0.1, 0.15) is 44.9 Å². The summed E-state index contributed by atoms with van der Waals surface area (Å²) >= 11 is 0. The molecule has 1 fully saturated rings. The van der Waals surface area contributed by atoms with Crippen molar-refractivity contribution < 1.29 is 0 Å². The van der Waals surface area contributed by atoms with Crippen molar-refractivity contribution in [2.24, 2.45) is 0 Å². The predicted octanol–water partition coefficient (Wildman–Crippen LogP) is 2.89. The third-order valence-electron chi connectivity index (χ3n) is 1.73. The zero-order chi connectivity index (χ0) is 6.36. The van der Waals surface area contributed by atoms with Crippen molar-refractivity contribution in [1.82, 2.24) is 0 Å². The average molecular weight is 122 g/mol. The maximum atomic E-state index is 3.18. The van der Waals surface area contributed by atoms with Gasteiger partial charge in [-0.1, -0.05) is 32.1 Å². The molecule has 0 aromatic rings. The van der Waals surface area contributed by atoms with Crippen LogP contribution in [0, 0.1) is 12.8 Å². The minimum absolute atomic E-state index is 1.14. The summed E-state index contributed by atoms with van der Waals surface area (Å²) in [6.07, 6.45) is 15.5. The van der Waals surface area contributed by atoms with Gasteiger partial charge in [-0.2, -0.15) is 0 Å². The summed E-state index contributed by atoms with van der Waals surface area (Å²) in [5.41, 5.74) is 0. The van der Waals surface area contributed by atoms with E-state index in [0.717, 1.165) is 12.8 Å². The molecule has 0 heterocycles. The van der Waals surface area contributed by atoms with Gasteiger partial charge in [0.15, 0.2) is 0 Å². The molecule has 0 heteroatoms. The molecule has 1 rings (SSSR count). The molecule has 1 aliphatic rings. The first-order valence-corrected chi connectivity index (χ1v) is 3.96. The Morgan fingerprint density at radius 3 is 1.56 bits per heavy atom. The molecule has 0 spiro atoms. The Morgan fingerprint density at radius 1 is 0.556 bits per heavy atom. The van der Waals surface area contributed by atoms with E-state index in [0.29, 0.717) is 0 Å². The topological polar surface area (TPSA) is 0 Å².